The summed E-state index contributed by atoms with van der Waals surface area (Å²) in [5.41, 5.74) is 13.4. The van der Waals surface area contributed by atoms with E-state index in [4.69, 9.17) is 28.5 Å². The van der Waals surface area contributed by atoms with E-state index >= 15 is 0 Å². The highest BCUT2D eigenvalue weighted by atomic mass is 35.5. The molecule has 0 spiro atoms. The number of allylic oxidation sites excluding steroid dienone is 4. The van der Waals surface area contributed by atoms with Gasteiger partial charge in [-0.05, 0) is 42.9 Å². The number of anilines is 1. The summed E-state index contributed by atoms with van der Waals surface area (Å²) in [5.74, 6) is 0.0369. The number of nitrogen functional groups attached to an aromatic ring is 1. The van der Waals surface area contributed by atoms with Gasteiger partial charge in [-0.1, -0.05) is 61.0 Å². The number of halogens is 1. The van der Waals surface area contributed by atoms with E-state index < -0.39 is 5.56 Å². The molecule has 35 heavy (non-hydrogen) atoms. The Morgan fingerprint density at radius 2 is 2.03 bits per heavy atom. The first-order valence-corrected chi connectivity index (χ1v) is 12.0. The van der Waals surface area contributed by atoms with E-state index in [1.54, 1.807) is 24.3 Å². The molecule has 3 rings (SSSR count). The highest BCUT2D eigenvalue weighted by Crippen LogP contribution is 2.30. The number of amidine groups is 1. The van der Waals surface area contributed by atoms with Crippen molar-refractivity contribution in [1.29, 1.82) is 5.41 Å². The van der Waals surface area contributed by atoms with Crippen molar-refractivity contribution < 1.29 is 4.79 Å². The molecule has 1 amide bonds. The van der Waals surface area contributed by atoms with Gasteiger partial charge in [0.05, 0.1) is 5.69 Å². The van der Waals surface area contributed by atoms with Gasteiger partial charge in [0.2, 0.25) is 5.91 Å². The maximum atomic E-state index is 13.3. The third kappa shape index (κ3) is 7.03. The van der Waals surface area contributed by atoms with Crippen molar-refractivity contribution in [2.75, 3.05) is 18.4 Å². The quantitative estimate of drug-likeness (QED) is 0.183. The zero-order valence-corrected chi connectivity index (χ0v) is 20.6. The molecular weight excluding hydrogens is 466 g/mol. The highest BCUT2D eigenvalue weighted by Gasteiger charge is 2.22. The van der Waals surface area contributed by atoms with E-state index in [1.165, 1.54) is 4.57 Å². The molecule has 186 valence electrons. The first-order valence-electron chi connectivity index (χ1n) is 11.6. The number of rotatable bonds is 11. The summed E-state index contributed by atoms with van der Waals surface area (Å²) in [6.07, 6.45) is 8.20. The highest BCUT2D eigenvalue weighted by molar-refractivity contribution is 6.31. The first kappa shape index (κ1) is 26.2. The number of aromatic nitrogens is 2. The molecule has 0 radical (unpaired) electrons. The summed E-state index contributed by atoms with van der Waals surface area (Å²) in [6, 6.07) is 7.04. The lowest BCUT2D eigenvalue weighted by atomic mass is 9.94. The average molecular weight is 498 g/mol. The topological polar surface area (TPSA) is 152 Å². The van der Waals surface area contributed by atoms with Gasteiger partial charge in [-0.15, -0.1) is 0 Å². The molecule has 1 heterocycles. The van der Waals surface area contributed by atoms with Gasteiger partial charge in [0.25, 0.3) is 5.56 Å². The number of carbonyl (C=O) groups excluding carboxylic acids is 1. The van der Waals surface area contributed by atoms with Crippen LogP contribution in [0.4, 0.5) is 5.82 Å². The summed E-state index contributed by atoms with van der Waals surface area (Å²) >= 11 is 6.57. The van der Waals surface area contributed by atoms with Gasteiger partial charge in [-0.25, -0.2) is 4.98 Å². The van der Waals surface area contributed by atoms with Crippen molar-refractivity contribution >= 4 is 34.7 Å². The molecule has 1 aliphatic carbocycles. The maximum absolute atomic E-state index is 13.3. The van der Waals surface area contributed by atoms with Crippen molar-refractivity contribution in [3.05, 3.63) is 74.8 Å². The molecule has 1 unspecified atom stereocenters. The molecule has 7 N–H and O–H groups in total. The lowest BCUT2D eigenvalue weighted by Gasteiger charge is -2.21. The van der Waals surface area contributed by atoms with Crippen LogP contribution in [-0.2, 0) is 17.9 Å². The summed E-state index contributed by atoms with van der Waals surface area (Å²) < 4.78 is 1.40. The minimum absolute atomic E-state index is 0.0179. The van der Waals surface area contributed by atoms with Gasteiger partial charge in [0, 0.05) is 18.7 Å². The molecular formula is C25H32ClN7O2. The molecule has 0 aliphatic heterocycles. The van der Waals surface area contributed by atoms with Crippen molar-refractivity contribution in [2.45, 2.75) is 39.3 Å². The second-order valence-electron chi connectivity index (χ2n) is 8.56. The first-order chi connectivity index (χ1) is 16.8. The molecule has 1 aromatic heterocycles. The third-order valence-corrected chi connectivity index (χ3v) is 5.95. The van der Waals surface area contributed by atoms with Crippen molar-refractivity contribution in [3.63, 3.8) is 0 Å². The molecule has 0 fully saturated rings. The number of hydrogen-bond acceptors (Lipinski definition) is 6. The van der Waals surface area contributed by atoms with E-state index in [0.29, 0.717) is 30.8 Å². The van der Waals surface area contributed by atoms with E-state index in [0.717, 1.165) is 24.0 Å². The number of unbranched alkanes of at least 4 members (excludes halogenated alkanes) is 1. The fourth-order valence-corrected chi connectivity index (χ4v) is 4.12. The largest absolute Gasteiger partial charge is 0.384 e. The molecule has 10 heteroatoms. The number of nitrogens with one attached hydrogen (secondary N) is 3. The Morgan fingerprint density at radius 1 is 1.29 bits per heavy atom. The van der Waals surface area contributed by atoms with E-state index in [2.05, 4.69) is 28.6 Å². The van der Waals surface area contributed by atoms with Gasteiger partial charge in [0.15, 0.2) is 11.0 Å². The van der Waals surface area contributed by atoms with Crippen LogP contribution in [0.5, 0.6) is 0 Å². The Labute approximate surface area is 209 Å². The Hall–Kier alpha value is -3.43. The van der Waals surface area contributed by atoms with Crippen LogP contribution in [0, 0.1) is 11.3 Å². The predicted molar refractivity (Wildman–Crippen MR) is 140 cm³/mol. The van der Waals surface area contributed by atoms with Gasteiger partial charge < -0.3 is 22.1 Å². The molecule has 1 atom stereocenters. The fraction of sp³-hybridized carbons (Fsp3) is 0.360. The number of amides is 1. The zero-order valence-electron chi connectivity index (χ0n) is 19.8. The minimum Gasteiger partial charge on any atom is -0.384 e. The lowest BCUT2D eigenvalue weighted by Crippen LogP contribution is -2.35. The van der Waals surface area contributed by atoms with Crippen LogP contribution in [0.2, 0.25) is 5.15 Å². The number of nitrogens with zero attached hydrogens (tertiary/aromatic N) is 2. The smallest absolute Gasteiger partial charge is 0.294 e. The van der Waals surface area contributed by atoms with Crippen LogP contribution < -0.4 is 27.7 Å². The van der Waals surface area contributed by atoms with Gasteiger partial charge >= 0.3 is 0 Å². The monoisotopic (exact) mass is 497 g/mol. The maximum Gasteiger partial charge on any atom is 0.294 e. The number of carbonyl (C=O) groups is 1. The molecule has 0 bridgehead atoms. The minimum atomic E-state index is -0.402. The second kappa shape index (κ2) is 12.3. The van der Waals surface area contributed by atoms with Gasteiger partial charge in [0.1, 0.15) is 12.4 Å². The van der Waals surface area contributed by atoms with Gasteiger partial charge in [-0.3, -0.25) is 19.6 Å². The molecule has 2 aromatic rings. The number of benzene rings is 1. The SMILES string of the molecule is CC1C=CC=C(c2c(Cl)nc(NCCCCN)c(=O)n2CC(=O)NCc2ccc(C(=N)N)cc2)C1. The van der Waals surface area contributed by atoms with Crippen LogP contribution in [0.15, 0.2) is 47.3 Å². The Bertz CT molecular complexity index is 1190. The van der Waals surface area contributed by atoms with Crippen molar-refractivity contribution in [2.24, 2.45) is 17.4 Å². The van der Waals surface area contributed by atoms with E-state index in [1.807, 2.05) is 12.2 Å². The predicted octanol–water partition coefficient (Wildman–Crippen LogP) is 2.63. The molecule has 9 nitrogen and oxygen atoms in total. The van der Waals surface area contributed by atoms with Crippen molar-refractivity contribution in [3.8, 4) is 0 Å². The average Bonchev–Trinajstić information content (AvgIpc) is 2.83. The standard InChI is InChI=1S/C25H32ClN7O2/c1-16-5-4-6-19(13-16)21-22(26)32-24(30-12-3-2-11-27)25(35)33(21)15-20(34)31-14-17-7-9-18(10-8-17)23(28)29/h4-10,16H,2-3,11-15,27H2,1H3,(H3,28,29)(H,30,32)(H,31,34). The van der Waals surface area contributed by atoms with Crippen molar-refractivity contribution in [1.82, 2.24) is 14.9 Å². The summed E-state index contributed by atoms with van der Waals surface area (Å²) in [4.78, 5) is 30.5. The van der Waals surface area contributed by atoms with Crippen LogP contribution in [0.1, 0.15) is 43.0 Å². The van der Waals surface area contributed by atoms with Crippen LogP contribution in [0.3, 0.4) is 0 Å². The Kier molecular flexibility index (Phi) is 9.22. The molecule has 0 saturated heterocycles. The number of hydrogen-bond donors (Lipinski definition) is 5. The Balaban J connectivity index is 1.84. The molecule has 1 aliphatic rings. The van der Waals surface area contributed by atoms with Crippen LogP contribution in [0.25, 0.3) is 5.57 Å². The second-order valence-corrected chi connectivity index (χ2v) is 8.92. The van der Waals surface area contributed by atoms with Gasteiger partial charge in [-0.2, -0.15) is 0 Å². The van der Waals surface area contributed by atoms with E-state index in [9.17, 15) is 9.59 Å². The zero-order chi connectivity index (χ0) is 25.4. The van der Waals surface area contributed by atoms with Crippen LogP contribution in [-0.4, -0.2) is 34.4 Å². The summed E-state index contributed by atoms with van der Waals surface area (Å²) in [7, 11) is 0. The van der Waals surface area contributed by atoms with Crippen LogP contribution >= 0.6 is 11.6 Å². The fourth-order valence-electron chi connectivity index (χ4n) is 3.81. The van der Waals surface area contributed by atoms with E-state index in [-0.39, 0.29) is 41.7 Å². The Morgan fingerprint density at radius 3 is 2.69 bits per heavy atom. The molecule has 1 aromatic carbocycles. The summed E-state index contributed by atoms with van der Waals surface area (Å²) in [6.45, 7) is 3.24. The summed E-state index contributed by atoms with van der Waals surface area (Å²) in [5, 5.41) is 13.5. The normalized spacial score (nSPS) is 14.9. The number of nitrogens with two attached hydrogens (primary N) is 2. The third-order valence-electron chi connectivity index (χ3n) is 5.69. The molecule has 0 saturated carbocycles. The lowest BCUT2D eigenvalue weighted by molar-refractivity contribution is -0.121.